The van der Waals surface area contributed by atoms with E-state index in [1.807, 2.05) is 6.92 Å². The first-order valence-electron chi connectivity index (χ1n) is 8.91. The zero-order valence-electron chi connectivity index (χ0n) is 14.2. The van der Waals surface area contributed by atoms with Gasteiger partial charge in [0.25, 0.3) is 0 Å². The number of imidazole rings is 1. The quantitative estimate of drug-likeness (QED) is 0.695. The first-order valence-corrected chi connectivity index (χ1v) is 8.91. The Balaban J connectivity index is 1.58. The predicted molar refractivity (Wildman–Crippen MR) is 96.3 cm³/mol. The highest BCUT2D eigenvalue weighted by molar-refractivity contribution is 5.96. The number of aromatic nitrogens is 2. The molecule has 1 aromatic carbocycles. The average Bonchev–Trinajstić information content (AvgIpc) is 2.89. The molecule has 3 rings (SSSR count). The largest absolute Gasteiger partial charge is 0.325 e. The molecule has 1 heterocycles. The van der Waals surface area contributed by atoms with E-state index in [2.05, 4.69) is 20.6 Å². The maximum atomic E-state index is 12.4. The molecule has 1 atom stereocenters. The molecule has 1 fully saturated rings. The van der Waals surface area contributed by atoms with Crippen LogP contribution in [0.2, 0.25) is 0 Å². The minimum absolute atomic E-state index is 0.0470. The molecule has 6 nitrogen and oxygen atoms in total. The Morgan fingerprint density at radius 3 is 2.50 bits per heavy atom. The SMILES string of the molecule is C[C@@H](NC1CCCCCCC1)C(=O)Nc1ccc2[nH]c(=O)[nH]c2c1. The number of carbonyl (C=O) groups excluding carboxylic acids is 1. The van der Waals surface area contributed by atoms with Crippen LogP contribution in [0.1, 0.15) is 51.9 Å². The highest BCUT2D eigenvalue weighted by atomic mass is 16.2. The molecule has 0 radical (unpaired) electrons. The van der Waals surface area contributed by atoms with Crippen molar-refractivity contribution in [3.05, 3.63) is 28.7 Å². The van der Waals surface area contributed by atoms with Gasteiger partial charge in [-0.15, -0.1) is 0 Å². The average molecular weight is 330 g/mol. The van der Waals surface area contributed by atoms with Gasteiger partial charge in [0.1, 0.15) is 0 Å². The maximum absolute atomic E-state index is 12.4. The van der Waals surface area contributed by atoms with Crippen molar-refractivity contribution < 1.29 is 4.79 Å². The number of fused-ring (bicyclic) bond motifs is 1. The fourth-order valence-electron chi connectivity index (χ4n) is 3.41. The smallest absolute Gasteiger partial charge is 0.323 e. The molecule has 1 aliphatic carbocycles. The summed E-state index contributed by atoms with van der Waals surface area (Å²) in [6.45, 7) is 1.91. The van der Waals surface area contributed by atoms with Gasteiger partial charge >= 0.3 is 5.69 Å². The molecular formula is C18H26N4O2. The number of hydrogen-bond acceptors (Lipinski definition) is 3. The third kappa shape index (κ3) is 4.26. The molecule has 1 amide bonds. The van der Waals surface area contributed by atoms with Gasteiger partial charge in [-0.3, -0.25) is 4.79 Å². The Kier molecular flexibility index (Phi) is 5.35. The zero-order chi connectivity index (χ0) is 16.9. The van der Waals surface area contributed by atoms with Crippen LogP contribution in [0.15, 0.2) is 23.0 Å². The molecule has 130 valence electrons. The number of anilines is 1. The van der Waals surface area contributed by atoms with Crippen molar-refractivity contribution >= 4 is 22.6 Å². The minimum Gasteiger partial charge on any atom is -0.325 e. The molecule has 0 spiro atoms. The van der Waals surface area contributed by atoms with Crippen molar-refractivity contribution in [2.45, 2.75) is 64.0 Å². The number of H-pyrrole nitrogens is 2. The summed E-state index contributed by atoms with van der Waals surface area (Å²) >= 11 is 0. The van der Waals surface area contributed by atoms with Gasteiger partial charge in [0, 0.05) is 11.7 Å². The predicted octanol–water partition coefficient (Wildman–Crippen LogP) is 2.89. The van der Waals surface area contributed by atoms with E-state index in [-0.39, 0.29) is 17.6 Å². The Morgan fingerprint density at radius 1 is 1.08 bits per heavy atom. The van der Waals surface area contributed by atoms with Crippen LogP contribution in [0.25, 0.3) is 11.0 Å². The summed E-state index contributed by atoms with van der Waals surface area (Å²) in [6.07, 6.45) is 8.71. The molecule has 24 heavy (non-hydrogen) atoms. The Bertz CT molecular complexity index is 741. The molecule has 0 bridgehead atoms. The van der Waals surface area contributed by atoms with E-state index in [1.54, 1.807) is 18.2 Å². The second kappa shape index (κ2) is 7.66. The van der Waals surface area contributed by atoms with Gasteiger partial charge in [-0.2, -0.15) is 0 Å². The summed E-state index contributed by atoms with van der Waals surface area (Å²) in [5.41, 5.74) is 1.87. The second-order valence-electron chi connectivity index (χ2n) is 6.76. The zero-order valence-corrected chi connectivity index (χ0v) is 14.2. The topological polar surface area (TPSA) is 89.8 Å². The lowest BCUT2D eigenvalue weighted by Crippen LogP contribution is -2.44. The second-order valence-corrected chi connectivity index (χ2v) is 6.76. The van der Waals surface area contributed by atoms with Crippen LogP contribution in [0.5, 0.6) is 0 Å². The van der Waals surface area contributed by atoms with Gasteiger partial charge in [-0.05, 0) is 38.0 Å². The van der Waals surface area contributed by atoms with Crippen molar-refractivity contribution in [2.24, 2.45) is 0 Å². The van der Waals surface area contributed by atoms with E-state index in [4.69, 9.17) is 0 Å². The van der Waals surface area contributed by atoms with Crippen molar-refractivity contribution in [1.29, 1.82) is 0 Å². The lowest BCUT2D eigenvalue weighted by molar-refractivity contribution is -0.118. The summed E-state index contributed by atoms with van der Waals surface area (Å²) < 4.78 is 0. The molecule has 2 aromatic rings. The van der Waals surface area contributed by atoms with Crippen LogP contribution in [0.3, 0.4) is 0 Å². The normalized spacial score (nSPS) is 18.0. The van der Waals surface area contributed by atoms with E-state index in [0.29, 0.717) is 17.2 Å². The monoisotopic (exact) mass is 330 g/mol. The molecule has 1 aromatic heterocycles. The van der Waals surface area contributed by atoms with Gasteiger partial charge in [0.2, 0.25) is 5.91 Å². The standard InChI is InChI=1S/C18H26N4O2/c1-12(19-13-7-5-3-2-4-6-8-13)17(23)20-14-9-10-15-16(11-14)22-18(24)21-15/h9-13,19H,2-8H2,1H3,(H,20,23)(H2,21,22,24)/t12-/m1/s1. The number of nitrogens with one attached hydrogen (secondary N) is 4. The van der Waals surface area contributed by atoms with Gasteiger partial charge < -0.3 is 20.6 Å². The van der Waals surface area contributed by atoms with E-state index in [1.165, 1.54) is 32.1 Å². The fraction of sp³-hybridized carbons (Fsp3) is 0.556. The Morgan fingerprint density at radius 2 is 1.75 bits per heavy atom. The lowest BCUT2D eigenvalue weighted by Gasteiger charge is -2.24. The van der Waals surface area contributed by atoms with E-state index < -0.39 is 0 Å². The number of carbonyl (C=O) groups is 1. The summed E-state index contributed by atoms with van der Waals surface area (Å²) in [5.74, 6) is -0.0470. The van der Waals surface area contributed by atoms with Crippen molar-refractivity contribution in [3.63, 3.8) is 0 Å². The van der Waals surface area contributed by atoms with E-state index in [0.717, 1.165) is 18.4 Å². The number of hydrogen-bond donors (Lipinski definition) is 4. The van der Waals surface area contributed by atoms with Crippen LogP contribution in [0, 0.1) is 0 Å². The highest BCUT2D eigenvalue weighted by Gasteiger charge is 2.18. The van der Waals surface area contributed by atoms with Crippen LogP contribution in [-0.4, -0.2) is 28.0 Å². The van der Waals surface area contributed by atoms with Gasteiger partial charge in [-0.25, -0.2) is 4.79 Å². The number of rotatable bonds is 4. The molecule has 6 heteroatoms. The molecule has 0 saturated heterocycles. The van der Waals surface area contributed by atoms with E-state index in [9.17, 15) is 9.59 Å². The first-order chi connectivity index (χ1) is 11.6. The molecule has 0 unspecified atom stereocenters. The van der Waals surface area contributed by atoms with Crippen LogP contribution in [0.4, 0.5) is 5.69 Å². The number of amides is 1. The number of benzene rings is 1. The third-order valence-electron chi connectivity index (χ3n) is 4.77. The van der Waals surface area contributed by atoms with Crippen LogP contribution >= 0.6 is 0 Å². The molecule has 1 saturated carbocycles. The molecule has 0 aliphatic heterocycles. The number of aromatic amines is 2. The third-order valence-corrected chi connectivity index (χ3v) is 4.77. The van der Waals surface area contributed by atoms with Crippen LogP contribution < -0.4 is 16.3 Å². The highest BCUT2D eigenvalue weighted by Crippen LogP contribution is 2.18. The minimum atomic E-state index is -0.243. The molecule has 4 N–H and O–H groups in total. The molecular weight excluding hydrogens is 304 g/mol. The summed E-state index contributed by atoms with van der Waals surface area (Å²) in [5, 5.41) is 6.40. The van der Waals surface area contributed by atoms with Gasteiger partial charge in [0.05, 0.1) is 17.1 Å². The van der Waals surface area contributed by atoms with Crippen molar-refractivity contribution in [2.75, 3.05) is 5.32 Å². The Labute approximate surface area is 141 Å². The Hall–Kier alpha value is -2.08. The lowest BCUT2D eigenvalue weighted by atomic mass is 9.96. The first kappa shape index (κ1) is 16.8. The summed E-state index contributed by atoms with van der Waals surface area (Å²) in [4.78, 5) is 29.1. The van der Waals surface area contributed by atoms with Crippen molar-refractivity contribution in [1.82, 2.24) is 15.3 Å². The molecule has 1 aliphatic rings. The summed E-state index contributed by atoms with van der Waals surface area (Å²) in [7, 11) is 0. The van der Waals surface area contributed by atoms with Gasteiger partial charge in [0.15, 0.2) is 0 Å². The van der Waals surface area contributed by atoms with Crippen LogP contribution in [-0.2, 0) is 4.79 Å². The summed E-state index contributed by atoms with van der Waals surface area (Å²) in [6, 6.07) is 5.54. The van der Waals surface area contributed by atoms with E-state index >= 15 is 0 Å². The fourth-order valence-corrected chi connectivity index (χ4v) is 3.41. The maximum Gasteiger partial charge on any atom is 0.323 e. The van der Waals surface area contributed by atoms with Gasteiger partial charge in [-0.1, -0.05) is 32.1 Å². The van der Waals surface area contributed by atoms with Crippen molar-refractivity contribution in [3.8, 4) is 0 Å².